The van der Waals surface area contributed by atoms with E-state index in [1.807, 2.05) is 5.38 Å². The second-order valence-corrected chi connectivity index (χ2v) is 11.4. The molecule has 3 heterocycles. The number of morpholine rings is 1. The highest BCUT2D eigenvalue weighted by atomic mass is 35.5. The second kappa shape index (κ2) is 11.1. The number of hydrogen-bond acceptors (Lipinski definition) is 7. The molecule has 2 aliphatic heterocycles. The van der Waals surface area contributed by atoms with Gasteiger partial charge in [-0.15, -0.1) is 11.3 Å². The highest BCUT2D eigenvalue weighted by molar-refractivity contribution is 7.89. The van der Waals surface area contributed by atoms with Crippen molar-refractivity contribution in [3.05, 3.63) is 51.4 Å². The molecule has 2 atom stereocenters. The van der Waals surface area contributed by atoms with Crippen LogP contribution in [0.5, 0.6) is 0 Å². The SMILES string of the molecule is O=C(C(Cc1cscn1)N1CCC(NS(=O)(=O)CCc2ccc(Cl)cc2)C1=O)N1CCOCC1. The van der Waals surface area contributed by atoms with Gasteiger partial charge in [0.25, 0.3) is 0 Å². The van der Waals surface area contributed by atoms with E-state index in [4.69, 9.17) is 16.3 Å². The van der Waals surface area contributed by atoms with Crippen LogP contribution in [-0.2, 0) is 37.2 Å². The van der Waals surface area contributed by atoms with E-state index >= 15 is 0 Å². The molecule has 2 aromatic rings. The van der Waals surface area contributed by atoms with E-state index < -0.39 is 22.1 Å². The van der Waals surface area contributed by atoms with Crippen LogP contribution in [0.1, 0.15) is 17.7 Å². The summed E-state index contributed by atoms with van der Waals surface area (Å²) in [6.07, 6.45) is 0.906. The van der Waals surface area contributed by atoms with Crippen molar-refractivity contribution < 1.29 is 22.7 Å². The lowest BCUT2D eigenvalue weighted by molar-refractivity contribution is -0.146. The van der Waals surface area contributed by atoms with E-state index in [-0.39, 0.29) is 17.6 Å². The zero-order valence-corrected chi connectivity index (χ0v) is 20.9. The smallest absolute Gasteiger partial charge is 0.245 e. The van der Waals surface area contributed by atoms with Gasteiger partial charge >= 0.3 is 0 Å². The normalized spacial score (nSPS) is 20.0. The second-order valence-electron chi connectivity index (χ2n) is 8.32. The Bertz CT molecular complexity index is 1090. The quantitative estimate of drug-likeness (QED) is 0.528. The number of aryl methyl sites for hydroxylation is 1. The van der Waals surface area contributed by atoms with E-state index in [1.165, 1.54) is 16.2 Å². The molecule has 2 amide bonds. The molecule has 0 saturated carbocycles. The monoisotopic (exact) mass is 526 g/mol. The van der Waals surface area contributed by atoms with Gasteiger partial charge in [0, 0.05) is 36.5 Å². The summed E-state index contributed by atoms with van der Waals surface area (Å²) in [5.74, 6) is -0.680. The number of benzene rings is 1. The van der Waals surface area contributed by atoms with Gasteiger partial charge in [0.2, 0.25) is 21.8 Å². The summed E-state index contributed by atoms with van der Waals surface area (Å²) >= 11 is 7.30. The minimum absolute atomic E-state index is 0.145. The Labute approximate surface area is 208 Å². The van der Waals surface area contributed by atoms with Gasteiger partial charge in [0.15, 0.2) is 0 Å². The predicted octanol–water partition coefficient (Wildman–Crippen LogP) is 1.33. The molecular formula is C22H27ClN4O5S2. The van der Waals surface area contributed by atoms with Crippen LogP contribution in [0.3, 0.4) is 0 Å². The van der Waals surface area contributed by atoms with Crippen molar-refractivity contribution in [1.82, 2.24) is 19.5 Å². The zero-order chi connectivity index (χ0) is 24.1. The maximum absolute atomic E-state index is 13.3. The van der Waals surface area contributed by atoms with Gasteiger partial charge in [0.1, 0.15) is 12.1 Å². The van der Waals surface area contributed by atoms with E-state index in [2.05, 4.69) is 9.71 Å². The lowest BCUT2D eigenvalue weighted by atomic mass is 10.1. The van der Waals surface area contributed by atoms with Gasteiger partial charge in [-0.2, -0.15) is 0 Å². The van der Waals surface area contributed by atoms with Crippen molar-refractivity contribution in [3.8, 4) is 0 Å². The highest BCUT2D eigenvalue weighted by Gasteiger charge is 2.42. The number of likely N-dealkylation sites (tertiary alicyclic amines) is 1. The number of carbonyl (C=O) groups excluding carboxylic acids is 2. The molecule has 2 saturated heterocycles. The Kier molecular flexibility index (Phi) is 8.20. The maximum atomic E-state index is 13.3. The van der Waals surface area contributed by atoms with Gasteiger partial charge in [-0.1, -0.05) is 23.7 Å². The first-order chi connectivity index (χ1) is 16.3. The summed E-state index contributed by atoms with van der Waals surface area (Å²) in [6.45, 7) is 2.15. The molecule has 12 heteroatoms. The summed E-state index contributed by atoms with van der Waals surface area (Å²) in [5.41, 5.74) is 3.26. The Balaban J connectivity index is 1.42. The summed E-state index contributed by atoms with van der Waals surface area (Å²) in [7, 11) is -3.70. The van der Waals surface area contributed by atoms with Crippen molar-refractivity contribution in [1.29, 1.82) is 0 Å². The number of rotatable bonds is 9. The van der Waals surface area contributed by atoms with Gasteiger partial charge in [-0.3, -0.25) is 9.59 Å². The van der Waals surface area contributed by atoms with E-state index in [1.54, 1.807) is 34.7 Å². The van der Waals surface area contributed by atoms with Crippen LogP contribution in [0.15, 0.2) is 35.2 Å². The molecule has 9 nitrogen and oxygen atoms in total. The number of nitrogens with zero attached hydrogens (tertiary/aromatic N) is 3. The molecule has 184 valence electrons. The van der Waals surface area contributed by atoms with Crippen molar-refractivity contribution in [2.75, 3.05) is 38.6 Å². The first kappa shape index (κ1) is 25.1. The third-order valence-corrected chi connectivity index (χ3v) is 8.28. The molecule has 0 spiro atoms. The molecule has 0 radical (unpaired) electrons. The number of hydrogen-bond donors (Lipinski definition) is 1. The van der Waals surface area contributed by atoms with Crippen molar-refractivity contribution in [3.63, 3.8) is 0 Å². The highest BCUT2D eigenvalue weighted by Crippen LogP contribution is 2.21. The number of thiazole rings is 1. The number of halogens is 1. The molecular weight excluding hydrogens is 500 g/mol. The number of nitrogens with one attached hydrogen (secondary N) is 1. The number of sulfonamides is 1. The topological polar surface area (TPSA) is 109 Å². The fourth-order valence-corrected chi connectivity index (χ4v) is 6.13. The van der Waals surface area contributed by atoms with Crippen LogP contribution in [0.25, 0.3) is 0 Å². The Morgan fingerprint density at radius 2 is 1.97 bits per heavy atom. The third kappa shape index (κ3) is 6.33. The summed E-state index contributed by atoms with van der Waals surface area (Å²) in [5, 5.41) is 2.44. The van der Waals surface area contributed by atoms with E-state index in [9.17, 15) is 18.0 Å². The van der Waals surface area contributed by atoms with Gasteiger partial charge in [-0.05, 0) is 30.5 Å². The zero-order valence-electron chi connectivity index (χ0n) is 18.6. The molecule has 2 unspecified atom stereocenters. The molecule has 1 aromatic carbocycles. The fourth-order valence-electron chi connectivity index (χ4n) is 4.16. The number of carbonyl (C=O) groups is 2. The first-order valence-corrected chi connectivity index (χ1v) is 14.1. The average Bonchev–Trinajstić information content (AvgIpc) is 3.47. The van der Waals surface area contributed by atoms with Crippen LogP contribution in [0.4, 0.5) is 0 Å². The molecule has 1 N–H and O–H groups in total. The van der Waals surface area contributed by atoms with Gasteiger partial charge in [0.05, 0.1) is 30.2 Å². The minimum Gasteiger partial charge on any atom is -0.378 e. The fraction of sp³-hybridized carbons (Fsp3) is 0.500. The van der Waals surface area contributed by atoms with E-state index in [0.717, 1.165) is 11.3 Å². The Morgan fingerprint density at radius 3 is 2.65 bits per heavy atom. The van der Waals surface area contributed by atoms with Crippen LogP contribution in [0, 0.1) is 0 Å². The molecule has 2 aliphatic rings. The van der Waals surface area contributed by atoms with Gasteiger partial charge in [-0.25, -0.2) is 18.1 Å². The molecule has 1 aromatic heterocycles. The first-order valence-electron chi connectivity index (χ1n) is 11.1. The molecule has 4 rings (SSSR count). The predicted molar refractivity (Wildman–Crippen MR) is 129 cm³/mol. The molecule has 2 fully saturated rings. The van der Waals surface area contributed by atoms with Crippen LogP contribution in [0.2, 0.25) is 5.02 Å². The lowest BCUT2D eigenvalue weighted by Gasteiger charge is -2.34. The number of ether oxygens (including phenoxy) is 1. The van der Waals surface area contributed by atoms with Crippen LogP contribution >= 0.6 is 22.9 Å². The molecule has 34 heavy (non-hydrogen) atoms. The lowest BCUT2D eigenvalue weighted by Crippen LogP contribution is -2.54. The minimum atomic E-state index is -3.70. The van der Waals surface area contributed by atoms with Crippen LogP contribution in [-0.4, -0.2) is 85.7 Å². The van der Waals surface area contributed by atoms with Crippen molar-refractivity contribution in [2.45, 2.75) is 31.3 Å². The standard InChI is InChI=1S/C22H27ClN4O5S2/c23-17-3-1-16(2-4-17)6-12-34(30,31)25-19-5-7-27(21(19)28)20(13-18-14-33-15-24-18)22(29)26-8-10-32-11-9-26/h1-4,14-15,19-20,25H,5-13H2. The number of aromatic nitrogens is 1. The van der Waals surface area contributed by atoms with Crippen LogP contribution < -0.4 is 4.72 Å². The van der Waals surface area contributed by atoms with E-state index in [0.29, 0.717) is 57.1 Å². The van der Waals surface area contributed by atoms with Gasteiger partial charge < -0.3 is 14.5 Å². The summed E-state index contributed by atoms with van der Waals surface area (Å²) in [6, 6.07) is 5.37. The summed E-state index contributed by atoms with van der Waals surface area (Å²) in [4.78, 5) is 34.1. The Morgan fingerprint density at radius 1 is 1.24 bits per heavy atom. The molecule has 0 bridgehead atoms. The third-order valence-electron chi connectivity index (χ3n) is 6.00. The molecule has 0 aliphatic carbocycles. The van der Waals surface area contributed by atoms with Crippen molar-refractivity contribution >= 4 is 44.8 Å². The summed E-state index contributed by atoms with van der Waals surface area (Å²) < 4.78 is 33.3. The van der Waals surface area contributed by atoms with Crippen molar-refractivity contribution in [2.24, 2.45) is 0 Å². The average molecular weight is 527 g/mol. The maximum Gasteiger partial charge on any atom is 0.245 e. The largest absolute Gasteiger partial charge is 0.378 e. The Hall–Kier alpha value is -2.05. The number of amides is 2.